The monoisotopic (exact) mass is 276 g/mol. The molecular weight excluding hydrogens is 260 g/mol. The minimum absolute atomic E-state index is 0.160. The van der Waals surface area contributed by atoms with Crippen molar-refractivity contribution in [3.8, 4) is 5.69 Å². The SMILES string of the molecule is O=c1c2c([nH]n1-c1ccc3ccccc3c1)C1CCC2C1. The molecule has 2 unspecified atom stereocenters. The predicted octanol–water partition coefficient (Wildman–Crippen LogP) is 3.68. The summed E-state index contributed by atoms with van der Waals surface area (Å²) in [6.07, 6.45) is 3.59. The number of rotatable bonds is 1. The third kappa shape index (κ3) is 1.46. The molecule has 2 aliphatic rings. The first-order valence-corrected chi connectivity index (χ1v) is 7.65. The number of benzene rings is 2. The highest BCUT2D eigenvalue weighted by molar-refractivity contribution is 5.84. The summed E-state index contributed by atoms with van der Waals surface area (Å²) in [6, 6.07) is 14.4. The van der Waals surface area contributed by atoms with Crippen LogP contribution in [0.5, 0.6) is 0 Å². The Morgan fingerprint density at radius 2 is 1.81 bits per heavy atom. The van der Waals surface area contributed by atoms with Gasteiger partial charge in [0.1, 0.15) is 0 Å². The lowest BCUT2D eigenvalue weighted by atomic mass is 9.98. The van der Waals surface area contributed by atoms with Crippen LogP contribution in [-0.4, -0.2) is 9.78 Å². The van der Waals surface area contributed by atoms with Crippen molar-refractivity contribution >= 4 is 10.8 Å². The fourth-order valence-electron chi connectivity index (χ4n) is 4.18. The molecule has 0 spiro atoms. The predicted molar refractivity (Wildman–Crippen MR) is 83.2 cm³/mol. The lowest BCUT2D eigenvalue weighted by Crippen LogP contribution is -2.18. The Morgan fingerprint density at radius 3 is 2.67 bits per heavy atom. The van der Waals surface area contributed by atoms with Crippen LogP contribution in [0.25, 0.3) is 16.5 Å². The summed E-state index contributed by atoms with van der Waals surface area (Å²) in [5, 5.41) is 5.75. The topological polar surface area (TPSA) is 37.8 Å². The van der Waals surface area contributed by atoms with Crippen molar-refractivity contribution in [2.45, 2.75) is 31.1 Å². The average molecular weight is 276 g/mol. The lowest BCUT2D eigenvalue weighted by Gasteiger charge is -2.07. The molecule has 1 heterocycles. The Labute approximate surface area is 122 Å². The Bertz CT molecular complexity index is 918. The molecule has 2 atom stereocenters. The standard InChI is InChI=1S/C18H16N2O/c21-18-16-13-5-6-14(9-13)17(16)19-20(18)15-8-7-11-3-1-2-4-12(11)10-15/h1-4,7-8,10,13-14,19H,5-6,9H2. The van der Waals surface area contributed by atoms with E-state index in [0.29, 0.717) is 11.8 Å². The van der Waals surface area contributed by atoms with Crippen LogP contribution in [0.4, 0.5) is 0 Å². The zero-order valence-electron chi connectivity index (χ0n) is 11.7. The second-order valence-electron chi connectivity index (χ2n) is 6.32. The first-order chi connectivity index (χ1) is 10.3. The molecule has 0 radical (unpaired) electrons. The van der Waals surface area contributed by atoms with Gasteiger partial charge in [-0.05, 0) is 48.1 Å². The number of aromatic amines is 1. The first-order valence-electron chi connectivity index (χ1n) is 7.65. The quantitative estimate of drug-likeness (QED) is 0.723. The van der Waals surface area contributed by atoms with Crippen LogP contribution in [0.1, 0.15) is 42.4 Å². The van der Waals surface area contributed by atoms with Crippen molar-refractivity contribution in [1.82, 2.24) is 9.78 Å². The summed E-state index contributed by atoms with van der Waals surface area (Å²) >= 11 is 0. The van der Waals surface area contributed by atoms with Gasteiger partial charge >= 0.3 is 0 Å². The molecule has 1 aromatic heterocycles. The third-order valence-electron chi connectivity index (χ3n) is 5.20. The van der Waals surface area contributed by atoms with Crippen LogP contribution < -0.4 is 5.56 Å². The maximum atomic E-state index is 12.7. The summed E-state index contributed by atoms with van der Waals surface area (Å²) in [6.45, 7) is 0. The largest absolute Gasteiger partial charge is 0.294 e. The van der Waals surface area contributed by atoms with Gasteiger partial charge in [0.2, 0.25) is 0 Å². The van der Waals surface area contributed by atoms with E-state index >= 15 is 0 Å². The van der Waals surface area contributed by atoms with E-state index < -0.39 is 0 Å². The molecule has 3 nitrogen and oxygen atoms in total. The van der Waals surface area contributed by atoms with Gasteiger partial charge in [0.05, 0.1) is 5.69 Å². The van der Waals surface area contributed by atoms with E-state index in [1.165, 1.54) is 35.7 Å². The van der Waals surface area contributed by atoms with Crippen molar-refractivity contribution < 1.29 is 0 Å². The van der Waals surface area contributed by atoms with Gasteiger partial charge in [-0.2, -0.15) is 0 Å². The highest BCUT2D eigenvalue weighted by Crippen LogP contribution is 2.51. The minimum Gasteiger partial charge on any atom is -0.294 e. The van der Waals surface area contributed by atoms with Gasteiger partial charge in [0, 0.05) is 17.2 Å². The molecule has 2 aromatic carbocycles. The molecule has 3 heteroatoms. The van der Waals surface area contributed by atoms with E-state index in [0.717, 1.165) is 11.3 Å². The van der Waals surface area contributed by atoms with Crippen LogP contribution in [0, 0.1) is 0 Å². The summed E-state index contributed by atoms with van der Waals surface area (Å²) in [5.41, 5.74) is 3.35. The smallest absolute Gasteiger partial charge is 0.274 e. The van der Waals surface area contributed by atoms with Gasteiger partial charge in [-0.3, -0.25) is 9.89 Å². The summed E-state index contributed by atoms with van der Waals surface area (Å²) < 4.78 is 1.74. The zero-order valence-corrected chi connectivity index (χ0v) is 11.7. The molecule has 1 N–H and O–H groups in total. The minimum atomic E-state index is 0.160. The first kappa shape index (κ1) is 11.4. The molecule has 21 heavy (non-hydrogen) atoms. The molecule has 0 saturated heterocycles. The van der Waals surface area contributed by atoms with Gasteiger partial charge in [-0.25, -0.2) is 4.68 Å². The van der Waals surface area contributed by atoms with Crippen LogP contribution >= 0.6 is 0 Å². The molecule has 2 aliphatic carbocycles. The number of hydrogen-bond acceptors (Lipinski definition) is 1. The van der Waals surface area contributed by atoms with E-state index in [2.05, 4.69) is 29.4 Å². The van der Waals surface area contributed by atoms with E-state index in [-0.39, 0.29) is 5.56 Å². The van der Waals surface area contributed by atoms with Crippen molar-refractivity contribution in [3.63, 3.8) is 0 Å². The molecule has 3 aromatic rings. The van der Waals surface area contributed by atoms with Crippen LogP contribution in [0.2, 0.25) is 0 Å². The van der Waals surface area contributed by atoms with E-state index in [1.54, 1.807) is 4.68 Å². The van der Waals surface area contributed by atoms with Crippen molar-refractivity contribution in [1.29, 1.82) is 0 Å². The molecule has 5 rings (SSSR count). The van der Waals surface area contributed by atoms with E-state index in [4.69, 9.17) is 0 Å². The maximum Gasteiger partial charge on any atom is 0.274 e. The van der Waals surface area contributed by atoms with Gasteiger partial charge in [0.25, 0.3) is 5.56 Å². The molecular formula is C18H16N2O. The highest BCUT2D eigenvalue weighted by atomic mass is 16.1. The summed E-state index contributed by atoms with van der Waals surface area (Å²) in [4.78, 5) is 12.7. The molecule has 1 saturated carbocycles. The molecule has 0 aliphatic heterocycles. The molecule has 2 bridgehead atoms. The number of H-pyrrole nitrogens is 1. The summed E-state index contributed by atoms with van der Waals surface area (Å²) in [7, 11) is 0. The number of hydrogen-bond donors (Lipinski definition) is 1. The Kier molecular flexibility index (Phi) is 2.10. The number of nitrogens with one attached hydrogen (secondary N) is 1. The third-order valence-corrected chi connectivity index (χ3v) is 5.20. The van der Waals surface area contributed by atoms with Crippen molar-refractivity contribution in [2.75, 3.05) is 0 Å². The van der Waals surface area contributed by atoms with Gasteiger partial charge < -0.3 is 0 Å². The van der Waals surface area contributed by atoms with Crippen LogP contribution in [0.3, 0.4) is 0 Å². The van der Waals surface area contributed by atoms with Crippen molar-refractivity contribution in [3.05, 3.63) is 64.1 Å². The Hall–Kier alpha value is -2.29. The van der Waals surface area contributed by atoms with Crippen LogP contribution in [-0.2, 0) is 0 Å². The van der Waals surface area contributed by atoms with E-state index in [9.17, 15) is 4.79 Å². The van der Waals surface area contributed by atoms with Gasteiger partial charge in [0.15, 0.2) is 0 Å². The zero-order chi connectivity index (χ0) is 14.0. The molecule has 1 fully saturated rings. The molecule has 0 amide bonds. The lowest BCUT2D eigenvalue weighted by molar-refractivity contribution is 0.687. The Balaban J connectivity index is 1.72. The highest BCUT2D eigenvalue weighted by Gasteiger charge is 2.41. The average Bonchev–Trinajstić information content (AvgIpc) is 3.20. The van der Waals surface area contributed by atoms with E-state index in [1.807, 2.05) is 18.2 Å². The second kappa shape index (κ2) is 3.88. The van der Waals surface area contributed by atoms with Gasteiger partial charge in [-0.1, -0.05) is 30.3 Å². The Morgan fingerprint density at radius 1 is 1.00 bits per heavy atom. The van der Waals surface area contributed by atoms with Crippen molar-refractivity contribution in [2.24, 2.45) is 0 Å². The second-order valence-corrected chi connectivity index (χ2v) is 6.32. The fraction of sp³-hybridized carbons (Fsp3) is 0.278. The van der Waals surface area contributed by atoms with Gasteiger partial charge in [-0.15, -0.1) is 0 Å². The summed E-state index contributed by atoms with van der Waals surface area (Å²) in [5.74, 6) is 1.08. The number of nitrogens with zero attached hydrogens (tertiary/aromatic N) is 1. The number of aromatic nitrogens is 2. The maximum absolute atomic E-state index is 12.7. The normalized spacial score (nSPS) is 22.9. The van der Waals surface area contributed by atoms with Crippen LogP contribution in [0.15, 0.2) is 47.3 Å². The number of fused-ring (bicyclic) bond motifs is 6. The fourth-order valence-corrected chi connectivity index (χ4v) is 4.18. The molecule has 104 valence electrons.